The van der Waals surface area contributed by atoms with Gasteiger partial charge in [0.15, 0.2) is 0 Å². The molecule has 0 unspecified atom stereocenters. The number of fused-ring (bicyclic) bond motifs is 1. The normalized spacial score (nSPS) is 10.7. The number of carbonyl (C=O) groups is 1. The third-order valence-corrected chi connectivity index (χ3v) is 4.64. The Labute approximate surface area is 144 Å². The van der Waals surface area contributed by atoms with Gasteiger partial charge in [0.05, 0.1) is 19.9 Å². The Balaban J connectivity index is 2.03. The van der Waals surface area contributed by atoms with E-state index < -0.39 is 0 Å². The van der Waals surface area contributed by atoms with Gasteiger partial charge in [-0.05, 0) is 37.6 Å². The average Bonchev–Trinajstić information content (AvgIpc) is 2.96. The lowest BCUT2D eigenvalue weighted by molar-refractivity contribution is 0.102. The monoisotopic (exact) mass is 342 g/mol. The number of aryl methyl sites for hydroxylation is 2. The molecule has 24 heavy (non-hydrogen) atoms. The van der Waals surface area contributed by atoms with Gasteiger partial charge in [-0.1, -0.05) is 6.07 Å². The summed E-state index contributed by atoms with van der Waals surface area (Å²) in [7, 11) is 3.06. The molecule has 2 heterocycles. The van der Waals surface area contributed by atoms with Crippen LogP contribution < -0.4 is 14.8 Å². The van der Waals surface area contributed by atoms with Gasteiger partial charge in [-0.25, -0.2) is 4.98 Å². The zero-order valence-electron chi connectivity index (χ0n) is 14.0. The molecule has 0 saturated heterocycles. The van der Waals surface area contributed by atoms with E-state index in [1.165, 1.54) is 25.6 Å². The Hall–Kier alpha value is -2.60. The minimum Gasteiger partial charge on any atom is -0.496 e. The van der Waals surface area contributed by atoms with E-state index >= 15 is 0 Å². The van der Waals surface area contributed by atoms with Gasteiger partial charge in [-0.3, -0.25) is 4.79 Å². The number of pyridine rings is 1. The molecule has 0 aliphatic rings. The lowest BCUT2D eigenvalue weighted by Gasteiger charge is -2.13. The number of thiophene rings is 1. The van der Waals surface area contributed by atoms with Crippen molar-refractivity contribution in [2.45, 2.75) is 13.8 Å². The Morgan fingerprint density at radius 2 is 1.83 bits per heavy atom. The second kappa shape index (κ2) is 6.49. The van der Waals surface area contributed by atoms with Crippen LogP contribution in [0.4, 0.5) is 5.69 Å². The first-order valence-electron chi connectivity index (χ1n) is 7.43. The van der Waals surface area contributed by atoms with Crippen molar-refractivity contribution in [1.82, 2.24) is 4.98 Å². The van der Waals surface area contributed by atoms with Crippen molar-refractivity contribution in [2.75, 3.05) is 19.5 Å². The van der Waals surface area contributed by atoms with Gasteiger partial charge in [-0.2, -0.15) is 0 Å². The molecule has 0 aliphatic carbocycles. The molecule has 3 aromatic rings. The smallest absolute Gasteiger partial charge is 0.263 e. The Bertz CT molecular complexity index is 896. The number of aromatic nitrogens is 1. The third-order valence-electron chi connectivity index (χ3n) is 3.77. The summed E-state index contributed by atoms with van der Waals surface area (Å²) >= 11 is 1.51. The molecule has 1 amide bonds. The summed E-state index contributed by atoms with van der Waals surface area (Å²) in [6.45, 7) is 3.98. The molecule has 0 spiro atoms. The summed E-state index contributed by atoms with van der Waals surface area (Å²) < 4.78 is 10.6. The molecule has 0 bridgehead atoms. The van der Waals surface area contributed by atoms with Gasteiger partial charge < -0.3 is 14.8 Å². The Kier molecular flexibility index (Phi) is 4.40. The van der Waals surface area contributed by atoms with E-state index in [4.69, 9.17) is 9.47 Å². The van der Waals surface area contributed by atoms with E-state index in [1.54, 1.807) is 18.2 Å². The van der Waals surface area contributed by atoms with Gasteiger partial charge in [0, 0.05) is 16.5 Å². The number of hydrogen-bond acceptors (Lipinski definition) is 5. The number of methoxy groups -OCH3 is 2. The molecular weight excluding hydrogens is 324 g/mol. The summed E-state index contributed by atoms with van der Waals surface area (Å²) in [6.07, 6.45) is 0. The number of benzene rings is 1. The number of nitrogens with zero attached hydrogens (tertiary/aromatic N) is 1. The second-order valence-corrected chi connectivity index (χ2v) is 6.26. The van der Waals surface area contributed by atoms with Crippen LogP contribution in [0.3, 0.4) is 0 Å². The number of rotatable bonds is 4. The van der Waals surface area contributed by atoms with Crippen LogP contribution in [0, 0.1) is 13.8 Å². The zero-order valence-corrected chi connectivity index (χ0v) is 14.8. The minimum absolute atomic E-state index is 0.274. The van der Waals surface area contributed by atoms with Crippen LogP contribution in [-0.4, -0.2) is 25.1 Å². The number of ether oxygens (including phenoxy) is 2. The molecule has 0 fully saturated rings. The number of anilines is 1. The van der Waals surface area contributed by atoms with Crippen molar-refractivity contribution in [2.24, 2.45) is 0 Å². The topological polar surface area (TPSA) is 60.5 Å². The van der Waals surface area contributed by atoms with Gasteiger partial charge in [0.1, 0.15) is 21.9 Å². The van der Waals surface area contributed by atoms with Crippen molar-refractivity contribution in [3.63, 3.8) is 0 Å². The minimum atomic E-state index is -0.274. The summed E-state index contributed by atoms with van der Waals surface area (Å²) in [5.74, 6) is 0.665. The summed E-state index contributed by atoms with van der Waals surface area (Å²) in [5.41, 5.74) is 3.17. The second-order valence-electron chi connectivity index (χ2n) is 5.40. The van der Waals surface area contributed by atoms with E-state index in [0.29, 0.717) is 17.1 Å². The SMILES string of the molecule is COc1cccc(OC)c1C(=O)Nc1csc2nc(C)cc(C)c12. The largest absolute Gasteiger partial charge is 0.496 e. The highest BCUT2D eigenvalue weighted by Gasteiger charge is 2.20. The highest BCUT2D eigenvalue weighted by molar-refractivity contribution is 7.17. The fourth-order valence-electron chi connectivity index (χ4n) is 2.74. The first kappa shape index (κ1) is 16.3. The van der Waals surface area contributed by atoms with Crippen molar-refractivity contribution >= 4 is 33.1 Å². The zero-order chi connectivity index (χ0) is 17.3. The number of carbonyl (C=O) groups excluding carboxylic acids is 1. The highest BCUT2D eigenvalue weighted by atomic mass is 32.1. The molecule has 0 radical (unpaired) electrons. The summed E-state index contributed by atoms with van der Waals surface area (Å²) in [5, 5.41) is 5.83. The van der Waals surface area contributed by atoms with Crippen molar-refractivity contribution in [1.29, 1.82) is 0 Å². The van der Waals surface area contributed by atoms with E-state index in [1.807, 2.05) is 25.3 Å². The Morgan fingerprint density at radius 1 is 1.17 bits per heavy atom. The number of hydrogen-bond donors (Lipinski definition) is 1. The van der Waals surface area contributed by atoms with E-state index in [2.05, 4.69) is 10.3 Å². The molecular formula is C18H18N2O3S. The van der Waals surface area contributed by atoms with Gasteiger partial charge in [-0.15, -0.1) is 11.3 Å². The molecule has 6 heteroatoms. The van der Waals surface area contributed by atoms with E-state index in [9.17, 15) is 4.79 Å². The first-order valence-corrected chi connectivity index (χ1v) is 8.31. The average molecular weight is 342 g/mol. The number of nitrogens with one attached hydrogen (secondary N) is 1. The lowest BCUT2D eigenvalue weighted by Crippen LogP contribution is -2.14. The summed E-state index contributed by atoms with van der Waals surface area (Å²) in [6, 6.07) is 7.26. The Morgan fingerprint density at radius 3 is 2.46 bits per heavy atom. The maximum Gasteiger partial charge on any atom is 0.263 e. The maximum atomic E-state index is 12.8. The van der Waals surface area contributed by atoms with Crippen LogP contribution in [-0.2, 0) is 0 Å². The van der Waals surface area contributed by atoms with Crippen LogP contribution in [0.25, 0.3) is 10.2 Å². The van der Waals surface area contributed by atoms with E-state index in [-0.39, 0.29) is 5.91 Å². The molecule has 0 aliphatic heterocycles. The van der Waals surface area contributed by atoms with Crippen LogP contribution in [0.5, 0.6) is 11.5 Å². The van der Waals surface area contributed by atoms with Gasteiger partial charge in [0.2, 0.25) is 0 Å². The fraction of sp³-hybridized carbons (Fsp3) is 0.222. The molecule has 1 N–H and O–H groups in total. The van der Waals surface area contributed by atoms with Gasteiger partial charge in [0.25, 0.3) is 5.91 Å². The molecule has 3 rings (SSSR count). The lowest BCUT2D eigenvalue weighted by atomic mass is 10.1. The summed E-state index contributed by atoms with van der Waals surface area (Å²) in [4.78, 5) is 18.2. The van der Waals surface area contributed by atoms with Crippen molar-refractivity contribution in [3.8, 4) is 11.5 Å². The van der Waals surface area contributed by atoms with Crippen LogP contribution in [0.2, 0.25) is 0 Å². The predicted molar refractivity (Wildman–Crippen MR) is 96.6 cm³/mol. The molecule has 2 aromatic heterocycles. The van der Waals surface area contributed by atoms with Crippen LogP contribution in [0.1, 0.15) is 21.6 Å². The molecule has 0 saturated carbocycles. The van der Waals surface area contributed by atoms with Gasteiger partial charge >= 0.3 is 0 Å². The van der Waals surface area contributed by atoms with Crippen LogP contribution in [0.15, 0.2) is 29.6 Å². The highest BCUT2D eigenvalue weighted by Crippen LogP contribution is 2.34. The van der Waals surface area contributed by atoms with Crippen molar-refractivity contribution in [3.05, 3.63) is 46.5 Å². The maximum absolute atomic E-state index is 12.8. The standard InChI is InChI=1S/C18H18N2O3S/c1-10-8-11(2)19-18-15(10)12(9-24-18)20-17(21)16-13(22-3)6-5-7-14(16)23-4/h5-9H,1-4H3,(H,20,21). The first-order chi connectivity index (χ1) is 11.5. The van der Waals surface area contributed by atoms with E-state index in [0.717, 1.165) is 27.2 Å². The predicted octanol–water partition coefficient (Wildman–Crippen LogP) is 4.18. The molecule has 1 aromatic carbocycles. The fourth-order valence-corrected chi connectivity index (χ4v) is 3.73. The molecule has 124 valence electrons. The molecule has 5 nitrogen and oxygen atoms in total. The third kappa shape index (κ3) is 2.80. The quantitative estimate of drug-likeness (QED) is 0.772. The van der Waals surface area contributed by atoms with Crippen LogP contribution >= 0.6 is 11.3 Å². The molecule has 0 atom stereocenters. The van der Waals surface area contributed by atoms with Crippen molar-refractivity contribution < 1.29 is 14.3 Å². The number of amides is 1.